The van der Waals surface area contributed by atoms with E-state index in [0.29, 0.717) is 6.04 Å². The summed E-state index contributed by atoms with van der Waals surface area (Å²) < 4.78 is 0. The first-order valence-electron chi connectivity index (χ1n) is 7.13. The third-order valence-corrected chi connectivity index (χ3v) is 4.06. The van der Waals surface area contributed by atoms with Crippen LogP contribution in [-0.4, -0.2) is 7.05 Å². The van der Waals surface area contributed by atoms with Gasteiger partial charge in [0, 0.05) is 11.1 Å². The Bertz CT molecular complexity index is 349. The molecule has 1 atom stereocenters. The molecule has 0 heterocycles. The van der Waals surface area contributed by atoms with Gasteiger partial charge in [0.05, 0.1) is 0 Å². The number of hydrogen-bond acceptors (Lipinski definition) is 1. The first-order chi connectivity index (χ1) is 8.70. The Labute approximate surface area is 117 Å². The van der Waals surface area contributed by atoms with Gasteiger partial charge in [0.1, 0.15) is 0 Å². The second kappa shape index (κ2) is 8.55. The molecule has 0 saturated carbocycles. The minimum absolute atomic E-state index is 0.388. The first-order valence-corrected chi connectivity index (χ1v) is 7.50. The van der Waals surface area contributed by atoms with Gasteiger partial charge in [0.25, 0.3) is 0 Å². The quantitative estimate of drug-likeness (QED) is 0.633. The van der Waals surface area contributed by atoms with Crippen LogP contribution < -0.4 is 5.32 Å². The minimum Gasteiger partial charge on any atom is -0.313 e. The molecule has 1 unspecified atom stereocenters. The lowest BCUT2D eigenvalue weighted by Gasteiger charge is -2.19. The maximum absolute atomic E-state index is 6.39. The molecule has 0 amide bonds. The molecule has 0 spiro atoms. The fourth-order valence-corrected chi connectivity index (χ4v) is 2.60. The van der Waals surface area contributed by atoms with E-state index in [2.05, 4.69) is 37.4 Å². The van der Waals surface area contributed by atoms with Gasteiger partial charge in [-0.3, -0.25) is 0 Å². The molecule has 0 radical (unpaired) electrons. The fourth-order valence-electron chi connectivity index (χ4n) is 2.35. The van der Waals surface area contributed by atoms with Crippen molar-refractivity contribution >= 4 is 11.6 Å². The van der Waals surface area contributed by atoms with Gasteiger partial charge in [-0.15, -0.1) is 0 Å². The monoisotopic (exact) mass is 267 g/mol. The third-order valence-electron chi connectivity index (χ3n) is 3.54. The lowest BCUT2D eigenvalue weighted by molar-refractivity contribution is 0.501. The summed E-state index contributed by atoms with van der Waals surface area (Å²) >= 11 is 6.39. The van der Waals surface area contributed by atoms with E-state index in [-0.39, 0.29) is 0 Å². The number of unbranched alkanes of at least 4 members (excludes halogenated alkanes) is 4. The van der Waals surface area contributed by atoms with Crippen LogP contribution in [0.1, 0.15) is 62.6 Å². The molecule has 0 aliphatic rings. The minimum atomic E-state index is 0.388. The Balaban J connectivity index is 2.52. The van der Waals surface area contributed by atoms with Crippen LogP contribution >= 0.6 is 11.6 Å². The SMILES string of the molecule is CCCCCCCC(NC)c1cccc(C)c1Cl. The molecule has 0 fully saturated rings. The van der Waals surface area contributed by atoms with Gasteiger partial charge in [-0.2, -0.15) is 0 Å². The zero-order valence-corrected chi connectivity index (χ0v) is 12.7. The number of nitrogens with one attached hydrogen (secondary N) is 1. The second-order valence-electron chi connectivity index (χ2n) is 5.02. The highest BCUT2D eigenvalue weighted by molar-refractivity contribution is 6.32. The van der Waals surface area contributed by atoms with Gasteiger partial charge in [-0.25, -0.2) is 0 Å². The molecule has 2 heteroatoms. The summed E-state index contributed by atoms with van der Waals surface area (Å²) in [6, 6.07) is 6.69. The summed E-state index contributed by atoms with van der Waals surface area (Å²) in [5.74, 6) is 0. The van der Waals surface area contributed by atoms with E-state index >= 15 is 0 Å². The molecule has 1 nitrogen and oxygen atoms in total. The first kappa shape index (κ1) is 15.5. The molecule has 0 aliphatic carbocycles. The van der Waals surface area contributed by atoms with Gasteiger partial charge in [0.2, 0.25) is 0 Å². The summed E-state index contributed by atoms with van der Waals surface area (Å²) in [7, 11) is 2.02. The maximum Gasteiger partial charge on any atom is 0.0482 e. The average molecular weight is 268 g/mol. The van der Waals surface area contributed by atoms with Crippen LogP contribution in [0.25, 0.3) is 0 Å². The van der Waals surface area contributed by atoms with Crippen LogP contribution in [-0.2, 0) is 0 Å². The lowest BCUT2D eigenvalue weighted by atomic mass is 9.98. The van der Waals surface area contributed by atoms with Crippen molar-refractivity contribution in [2.24, 2.45) is 0 Å². The van der Waals surface area contributed by atoms with Crippen molar-refractivity contribution in [1.29, 1.82) is 0 Å². The summed E-state index contributed by atoms with van der Waals surface area (Å²) in [6.45, 7) is 4.32. The topological polar surface area (TPSA) is 12.0 Å². The predicted molar refractivity (Wildman–Crippen MR) is 81.4 cm³/mol. The van der Waals surface area contributed by atoms with E-state index in [1.807, 2.05) is 7.05 Å². The van der Waals surface area contributed by atoms with Gasteiger partial charge >= 0.3 is 0 Å². The standard InChI is InChI=1S/C16H26ClN/c1-4-5-6-7-8-12-15(18-3)14-11-9-10-13(2)16(14)17/h9-11,15,18H,4-8,12H2,1-3H3. The van der Waals surface area contributed by atoms with Crippen LogP contribution in [0.4, 0.5) is 0 Å². The Morgan fingerprint density at radius 3 is 2.56 bits per heavy atom. The van der Waals surface area contributed by atoms with Gasteiger partial charge < -0.3 is 5.32 Å². The highest BCUT2D eigenvalue weighted by Crippen LogP contribution is 2.29. The summed E-state index contributed by atoms with van der Waals surface area (Å²) in [4.78, 5) is 0. The molecule has 1 aromatic rings. The summed E-state index contributed by atoms with van der Waals surface area (Å²) in [6.07, 6.45) is 7.79. The molecule has 0 bridgehead atoms. The van der Waals surface area contributed by atoms with Crippen molar-refractivity contribution in [1.82, 2.24) is 5.32 Å². The van der Waals surface area contributed by atoms with E-state index in [9.17, 15) is 0 Å². The fraction of sp³-hybridized carbons (Fsp3) is 0.625. The normalized spacial score (nSPS) is 12.7. The van der Waals surface area contributed by atoms with Crippen LogP contribution in [0, 0.1) is 6.92 Å². The number of halogens is 1. The number of hydrogen-bond donors (Lipinski definition) is 1. The van der Waals surface area contributed by atoms with E-state index in [0.717, 1.165) is 5.02 Å². The van der Waals surface area contributed by atoms with E-state index in [4.69, 9.17) is 11.6 Å². The van der Waals surface area contributed by atoms with Crippen molar-refractivity contribution in [3.05, 3.63) is 34.3 Å². The average Bonchev–Trinajstić information content (AvgIpc) is 2.38. The Morgan fingerprint density at radius 2 is 1.89 bits per heavy atom. The zero-order valence-electron chi connectivity index (χ0n) is 11.9. The Hall–Kier alpha value is -0.530. The number of rotatable bonds is 8. The highest BCUT2D eigenvalue weighted by Gasteiger charge is 2.13. The van der Waals surface area contributed by atoms with E-state index in [1.54, 1.807) is 0 Å². The predicted octanol–water partition coefficient (Wildman–Crippen LogP) is 5.27. The molecule has 0 aliphatic heterocycles. The maximum atomic E-state index is 6.39. The number of benzene rings is 1. The molecular formula is C16H26ClN. The highest BCUT2D eigenvalue weighted by atomic mass is 35.5. The molecule has 0 aromatic heterocycles. The molecule has 0 saturated heterocycles. The van der Waals surface area contributed by atoms with Crippen molar-refractivity contribution < 1.29 is 0 Å². The van der Waals surface area contributed by atoms with Crippen LogP contribution in [0.3, 0.4) is 0 Å². The van der Waals surface area contributed by atoms with Crippen molar-refractivity contribution in [3.63, 3.8) is 0 Å². The van der Waals surface area contributed by atoms with Crippen molar-refractivity contribution in [2.75, 3.05) is 7.05 Å². The summed E-state index contributed by atoms with van der Waals surface area (Å²) in [5, 5.41) is 4.31. The zero-order chi connectivity index (χ0) is 13.4. The molecule has 102 valence electrons. The van der Waals surface area contributed by atoms with E-state index < -0.39 is 0 Å². The van der Waals surface area contributed by atoms with Crippen LogP contribution in [0.5, 0.6) is 0 Å². The van der Waals surface area contributed by atoms with Crippen LogP contribution in [0.15, 0.2) is 18.2 Å². The molecule has 18 heavy (non-hydrogen) atoms. The van der Waals surface area contributed by atoms with Gasteiger partial charge in [0.15, 0.2) is 0 Å². The molecule has 1 aromatic carbocycles. The molecule has 1 N–H and O–H groups in total. The third kappa shape index (κ3) is 4.62. The molecule has 1 rings (SSSR count). The lowest BCUT2D eigenvalue weighted by Crippen LogP contribution is -2.17. The Morgan fingerprint density at radius 1 is 1.17 bits per heavy atom. The van der Waals surface area contributed by atoms with Crippen molar-refractivity contribution in [3.8, 4) is 0 Å². The molecular weight excluding hydrogens is 242 g/mol. The summed E-state index contributed by atoms with van der Waals surface area (Å²) in [5.41, 5.74) is 2.41. The van der Waals surface area contributed by atoms with E-state index in [1.165, 1.54) is 49.7 Å². The van der Waals surface area contributed by atoms with Crippen LogP contribution in [0.2, 0.25) is 5.02 Å². The van der Waals surface area contributed by atoms with Gasteiger partial charge in [-0.1, -0.05) is 68.8 Å². The van der Waals surface area contributed by atoms with Crippen molar-refractivity contribution in [2.45, 2.75) is 58.4 Å². The largest absolute Gasteiger partial charge is 0.313 e. The number of aryl methyl sites for hydroxylation is 1. The smallest absolute Gasteiger partial charge is 0.0482 e. The second-order valence-corrected chi connectivity index (χ2v) is 5.40. The Kier molecular flexibility index (Phi) is 7.38. The van der Waals surface area contributed by atoms with Gasteiger partial charge in [-0.05, 0) is 31.5 Å².